The molecule has 1 heterocycles. The van der Waals surface area contributed by atoms with Crippen LogP contribution in [-0.2, 0) is 13.1 Å². The summed E-state index contributed by atoms with van der Waals surface area (Å²) in [6.45, 7) is 1.22. The van der Waals surface area contributed by atoms with E-state index in [1.807, 2.05) is 35.0 Å². The first kappa shape index (κ1) is 10.7. The molecule has 0 radical (unpaired) electrons. The zero-order valence-corrected chi connectivity index (χ0v) is 9.26. The fraction of sp³-hybridized carbons (Fsp3) is 0.250. The van der Waals surface area contributed by atoms with Gasteiger partial charge in [0.05, 0.1) is 19.3 Å². The fourth-order valence-electron chi connectivity index (χ4n) is 1.62. The summed E-state index contributed by atoms with van der Waals surface area (Å²) in [5.74, 6) is 0.860. The molecular weight excluding hydrogens is 202 g/mol. The zero-order valence-electron chi connectivity index (χ0n) is 9.26. The maximum absolute atomic E-state index is 5.62. The third-order valence-electron chi connectivity index (χ3n) is 2.48. The summed E-state index contributed by atoms with van der Waals surface area (Å²) in [6, 6.07) is 9.88. The van der Waals surface area contributed by atoms with Crippen molar-refractivity contribution in [1.29, 1.82) is 0 Å². The molecule has 84 valence electrons. The first-order chi connectivity index (χ1) is 7.83. The van der Waals surface area contributed by atoms with Crippen LogP contribution in [0.3, 0.4) is 0 Å². The average molecular weight is 217 g/mol. The molecule has 1 aromatic heterocycles. The van der Waals surface area contributed by atoms with Gasteiger partial charge >= 0.3 is 0 Å². The van der Waals surface area contributed by atoms with Gasteiger partial charge in [-0.2, -0.15) is 5.10 Å². The van der Waals surface area contributed by atoms with Gasteiger partial charge in [0.2, 0.25) is 0 Å². The first-order valence-corrected chi connectivity index (χ1v) is 5.17. The van der Waals surface area contributed by atoms with E-state index < -0.39 is 0 Å². The second kappa shape index (κ2) is 4.81. The second-order valence-corrected chi connectivity index (χ2v) is 3.54. The highest BCUT2D eigenvalue weighted by Gasteiger charge is 2.02. The van der Waals surface area contributed by atoms with Crippen molar-refractivity contribution >= 4 is 0 Å². The Kier molecular flexibility index (Phi) is 3.22. The third-order valence-corrected chi connectivity index (χ3v) is 2.48. The van der Waals surface area contributed by atoms with Crippen LogP contribution in [0.4, 0.5) is 0 Å². The summed E-state index contributed by atoms with van der Waals surface area (Å²) >= 11 is 0. The highest BCUT2D eigenvalue weighted by Crippen LogP contribution is 2.14. The number of rotatable bonds is 4. The molecule has 16 heavy (non-hydrogen) atoms. The van der Waals surface area contributed by atoms with E-state index in [1.165, 1.54) is 0 Å². The minimum absolute atomic E-state index is 0.504. The molecule has 0 aliphatic carbocycles. The molecule has 0 saturated heterocycles. The molecule has 2 rings (SSSR count). The predicted molar refractivity (Wildman–Crippen MR) is 62.2 cm³/mol. The van der Waals surface area contributed by atoms with E-state index in [1.54, 1.807) is 13.3 Å². The van der Waals surface area contributed by atoms with Gasteiger partial charge in [-0.3, -0.25) is 4.68 Å². The van der Waals surface area contributed by atoms with Crippen molar-refractivity contribution in [3.05, 3.63) is 47.8 Å². The Balaban J connectivity index is 2.20. The minimum Gasteiger partial charge on any atom is -0.497 e. The van der Waals surface area contributed by atoms with E-state index in [4.69, 9.17) is 10.5 Å². The van der Waals surface area contributed by atoms with Gasteiger partial charge in [0, 0.05) is 12.7 Å². The lowest BCUT2D eigenvalue weighted by molar-refractivity contribution is 0.414. The number of hydrogen-bond acceptors (Lipinski definition) is 3. The minimum atomic E-state index is 0.504. The summed E-state index contributed by atoms with van der Waals surface area (Å²) < 4.78 is 7.07. The topological polar surface area (TPSA) is 53.1 Å². The van der Waals surface area contributed by atoms with Crippen molar-refractivity contribution in [2.24, 2.45) is 5.73 Å². The number of ether oxygens (including phenoxy) is 1. The lowest BCUT2D eigenvalue weighted by Crippen LogP contribution is -2.09. The number of benzene rings is 1. The molecule has 4 heteroatoms. The van der Waals surface area contributed by atoms with Gasteiger partial charge in [0.1, 0.15) is 5.75 Å². The highest BCUT2D eigenvalue weighted by atomic mass is 16.5. The fourth-order valence-corrected chi connectivity index (χ4v) is 1.62. The molecule has 1 aromatic carbocycles. The van der Waals surface area contributed by atoms with Gasteiger partial charge in [-0.1, -0.05) is 12.1 Å². The molecular formula is C12H15N3O. The molecule has 0 fully saturated rings. The molecule has 0 aliphatic rings. The van der Waals surface area contributed by atoms with Crippen molar-refractivity contribution in [3.8, 4) is 5.75 Å². The van der Waals surface area contributed by atoms with Crippen LogP contribution < -0.4 is 10.5 Å². The summed E-state index contributed by atoms with van der Waals surface area (Å²) in [5, 5.41) is 4.23. The molecule has 2 aromatic rings. The van der Waals surface area contributed by atoms with E-state index in [0.29, 0.717) is 6.54 Å². The van der Waals surface area contributed by atoms with Gasteiger partial charge < -0.3 is 10.5 Å². The monoisotopic (exact) mass is 217 g/mol. The smallest absolute Gasteiger partial charge is 0.119 e. The predicted octanol–water partition coefficient (Wildman–Crippen LogP) is 1.40. The molecule has 0 spiro atoms. The van der Waals surface area contributed by atoms with Crippen LogP contribution in [0.5, 0.6) is 5.75 Å². The van der Waals surface area contributed by atoms with E-state index >= 15 is 0 Å². The zero-order chi connectivity index (χ0) is 11.4. The first-order valence-electron chi connectivity index (χ1n) is 5.17. The molecule has 0 unspecified atom stereocenters. The van der Waals surface area contributed by atoms with Crippen LogP contribution in [-0.4, -0.2) is 16.9 Å². The number of nitrogens with zero attached hydrogens (tertiary/aromatic N) is 2. The molecule has 4 nitrogen and oxygen atoms in total. The van der Waals surface area contributed by atoms with Crippen LogP contribution in [0.2, 0.25) is 0 Å². The molecule has 0 atom stereocenters. The van der Waals surface area contributed by atoms with E-state index in [0.717, 1.165) is 23.6 Å². The maximum atomic E-state index is 5.62. The Hall–Kier alpha value is -1.81. The van der Waals surface area contributed by atoms with Crippen molar-refractivity contribution in [1.82, 2.24) is 9.78 Å². The van der Waals surface area contributed by atoms with E-state index in [2.05, 4.69) is 5.10 Å². The Morgan fingerprint density at radius 1 is 1.38 bits per heavy atom. The highest BCUT2D eigenvalue weighted by molar-refractivity contribution is 5.28. The lowest BCUT2D eigenvalue weighted by atomic mass is 10.2. The van der Waals surface area contributed by atoms with Crippen LogP contribution in [0.25, 0.3) is 0 Å². The summed E-state index contributed by atoms with van der Waals surface area (Å²) in [7, 11) is 1.67. The van der Waals surface area contributed by atoms with Gasteiger partial charge in [-0.05, 0) is 23.8 Å². The molecule has 0 bridgehead atoms. The van der Waals surface area contributed by atoms with Crippen LogP contribution in [0, 0.1) is 0 Å². The Morgan fingerprint density at radius 2 is 2.25 bits per heavy atom. The van der Waals surface area contributed by atoms with Gasteiger partial charge in [-0.15, -0.1) is 0 Å². The van der Waals surface area contributed by atoms with Gasteiger partial charge in [0.25, 0.3) is 0 Å². The average Bonchev–Trinajstić information content (AvgIpc) is 2.76. The molecule has 0 amide bonds. The third kappa shape index (κ3) is 2.23. The molecule has 0 saturated carbocycles. The normalized spacial score (nSPS) is 10.4. The van der Waals surface area contributed by atoms with Crippen molar-refractivity contribution < 1.29 is 4.74 Å². The van der Waals surface area contributed by atoms with Crippen LogP contribution in [0.15, 0.2) is 36.5 Å². The summed E-state index contributed by atoms with van der Waals surface area (Å²) in [5.41, 5.74) is 7.80. The standard InChI is InChI=1S/C12H15N3O/c1-16-12-4-2-3-10(7-12)9-15-11(8-13)5-6-14-15/h2-7H,8-9,13H2,1H3. The van der Waals surface area contributed by atoms with Crippen molar-refractivity contribution in [3.63, 3.8) is 0 Å². The number of hydrogen-bond donors (Lipinski definition) is 1. The Bertz CT molecular complexity index is 465. The summed E-state index contributed by atoms with van der Waals surface area (Å²) in [6.07, 6.45) is 1.77. The van der Waals surface area contributed by atoms with E-state index in [-0.39, 0.29) is 0 Å². The Labute approximate surface area is 94.6 Å². The number of aromatic nitrogens is 2. The van der Waals surface area contributed by atoms with Gasteiger partial charge in [-0.25, -0.2) is 0 Å². The molecule has 2 N–H and O–H groups in total. The van der Waals surface area contributed by atoms with Crippen LogP contribution >= 0.6 is 0 Å². The SMILES string of the molecule is COc1cccc(Cn2nccc2CN)c1. The van der Waals surface area contributed by atoms with Gasteiger partial charge in [0.15, 0.2) is 0 Å². The van der Waals surface area contributed by atoms with Crippen molar-refractivity contribution in [2.45, 2.75) is 13.1 Å². The summed E-state index contributed by atoms with van der Waals surface area (Å²) in [4.78, 5) is 0. The molecule has 0 aliphatic heterocycles. The number of methoxy groups -OCH3 is 1. The second-order valence-electron chi connectivity index (χ2n) is 3.54. The lowest BCUT2D eigenvalue weighted by Gasteiger charge is -2.07. The quantitative estimate of drug-likeness (QED) is 0.842. The Morgan fingerprint density at radius 3 is 3.00 bits per heavy atom. The van der Waals surface area contributed by atoms with Crippen LogP contribution in [0.1, 0.15) is 11.3 Å². The van der Waals surface area contributed by atoms with E-state index in [9.17, 15) is 0 Å². The number of nitrogens with two attached hydrogens (primary N) is 1. The largest absolute Gasteiger partial charge is 0.497 e. The van der Waals surface area contributed by atoms with Crippen molar-refractivity contribution in [2.75, 3.05) is 7.11 Å². The maximum Gasteiger partial charge on any atom is 0.119 e.